The zero-order valence-corrected chi connectivity index (χ0v) is 21.2. The molecule has 3 aliphatic carbocycles. The van der Waals surface area contributed by atoms with Crippen LogP contribution in [0.15, 0.2) is 30.6 Å². The van der Waals surface area contributed by atoms with Crippen molar-refractivity contribution in [2.45, 2.75) is 70.6 Å². The van der Waals surface area contributed by atoms with Gasteiger partial charge in [0.05, 0.1) is 31.1 Å². The van der Waals surface area contributed by atoms with Gasteiger partial charge in [-0.05, 0) is 56.1 Å². The fraction of sp³-hybridized carbons (Fsp3) is 0.519. The molecule has 3 aromatic rings. The van der Waals surface area contributed by atoms with E-state index in [4.69, 9.17) is 4.74 Å². The molecule has 2 aromatic heterocycles. The first-order valence-electron chi connectivity index (χ1n) is 12.7. The molecular weight excluding hydrogens is 478 g/mol. The number of alkyl halides is 1. The van der Waals surface area contributed by atoms with Crippen molar-refractivity contribution in [3.8, 4) is 34.4 Å². The molecule has 6 rings (SSSR count). The minimum atomic E-state index is -0.928. The van der Waals surface area contributed by atoms with Gasteiger partial charge in [-0.25, -0.2) is 18.7 Å². The van der Waals surface area contributed by atoms with Gasteiger partial charge in [0.25, 0.3) is 0 Å². The third kappa shape index (κ3) is 4.16. The van der Waals surface area contributed by atoms with Crippen LogP contribution in [0.1, 0.15) is 52.4 Å². The molecule has 0 amide bonds. The second-order valence-electron chi connectivity index (χ2n) is 11.4. The number of aromatic hydroxyl groups is 1. The number of phenols is 1. The van der Waals surface area contributed by atoms with E-state index in [0.717, 1.165) is 44.7 Å². The predicted octanol–water partition coefficient (Wildman–Crippen LogP) is 5.12. The summed E-state index contributed by atoms with van der Waals surface area (Å²) in [5, 5.41) is 19.4. The van der Waals surface area contributed by atoms with Gasteiger partial charge in [0, 0.05) is 17.0 Å². The Hall–Kier alpha value is -3.43. The number of phenolic OH excluding ortho intramolecular Hbond substituents is 1. The van der Waals surface area contributed by atoms with Crippen LogP contribution in [-0.4, -0.2) is 55.6 Å². The minimum absolute atomic E-state index is 0.00721. The van der Waals surface area contributed by atoms with Crippen LogP contribution in [0.25, 0.3) is 22.6 Å². The van der Waals surface area contributed by atoms with Crippen molar-refractivity contribution < 1.29 is 18.6 Å². The van der Waals surface area contributed by atoms with Gasteiger partial charge in [-0.1, -0.05) is 19.9 Å². The van der Waals surface area contributed by atoms with Crippen LogP contribution in [0.5, 0.6) is 11.8 Å². The molecule has 3 fully saturated rings. The van der Waals surface area contributed by atoms with Crippen LogP contribution in [0.2, 0.25) is 0 Å². The first kappa shape index (κ1) is 23.9. The van der Waals surface area contributed by atoms with E-state index in [2.05, 4.69) is 43.9 Å². The Morgan fingerprint density at radius 1 is 1.11 bits per heavy atom. The van der Waals surface area contributed by atoms with Gasteiger partial charge in [-0.2, -0.15) is 4.98 Å². The number of ether oxygens (including phenoxy) is 1. The minimum Gasteiger partial charge on any atom is -0.507 e. The van der Waals surface area contributed by atoms with E-state index in [1.165, 1.54) is 13.2 Å². The van der Waals surface area contributed by atoms with E-state index in [1.807, 2.05) is 0 Å². The largest absolute Gasteiger partial charge is 0.507 e. The number of methoxy groups -OCH3 is 1. The summed E-state index contributed by atoms with van der Waals surface area (Å²) >= 11 is 0. The van der Waals surface area contributed by atoms with Crippen LogP contribution in [0.4, 0.5) is 14.6 Å². The number of hydrogen-bond acceptors (Lipinski definition) is 8. The first-order valence-corrected chi connectivity index (χ1v) is 12.7. The normalized spacial score (nSPS) is 28.8. The molecule has 1 N–H and O–H groups in total. The van der Waals surface area contributed by atoms with Crippen LogP contribution in [0, 0.1) is 16.6 Å². The molecule has 0 aliphatic heterocycles. The third-order valence-electron chi connectivity index (χ3n) is 8.36. The second-order valence-corrected chi connectivity index (χ2v) is 11.4. The monoisotopic (exact) mass is 508 g/mol. The Morgan fingerprint density at radius 3 is 2.59 bits per heavy atom. The maximum atomic E-state index is 15.9. The molecular formula is C27H30F2N6O2. The molecule has 3 aliphatic rings. The van der Waals surface area contributed by atoms with Crippen molar-refractivity contribution in [3.05, 3.63) is 36.4 Å². The Morgan fingerprint density at radius 2 is 1.92 bits per heavy atom. The zero-order chi connectivity index (χ0) is 25.9. The lowest BCUT2D eigenvalue weighted by Crippen LogP contribution is -2.54. The van der Waals surface area contributed by atoms with Gasteiger partial charge in [-0.3, -0.25) is 0 Å². The Labute approximate surface area is 214 Å². The standard InChI is InChI=1S/C27H30F2N6O2/c1-26-8-9-27(2,14-26)23(29)19(11-26)35(16-5-6-16)21-13-30-24(34-33-21)17-7-4-15(10-20(17)36)22-18(28)12-31-25(32-22)37-3/h4,7,10,12-13,16,19,23,36H,5-6,8-9,11,14H2,1-3H3/t19-,23-,26-,27-/m1/s1. The highest BCUT2D eigenvalue weighted by Crippen LogP contribution is 2.60. The number of hydrogen-bond donors (Lipinski definition) is 1. The average Bonchev–Trinajstić information content (AvgIpc) is 3.68. The summed E-state index contributed by atoms with van der Waals surface area (Å²) in [6, 6.07) is 4.62. The van der Waals surface area contributed by atoms with Crippen molar-refractivity contribution in [1.29, 1.82) is 0 Å². The summed E-state index contributed by atoms with van der Waals surface area (Å²) in [7, 11) is 1.39. The summed E-state index contributed by atoms with van der Waals surface area (Å²) in [5.41, 5.74) is 0.559. The summed E-state index contributed by atoms with van der Waals surface area (Å²) in [6.45, 7) is 4.37. The molecule has 37 heavy (non-hydrogen) atoms. The fourth-order valence-corrected chi connectivity index (χ4v) is 6.47. The van der Waals surface area contributed by atoms with Crippen LogP contribution in [-0.2, 0) is 0 Å². The van der Waals surface area contributed by atoms with Crippen LogP contribution in [0.3, 0.4) is 0 Å². The summed E-state index contributed by atoms with van der Waals surface area (Å²) in [6.07, 6.45) is 7.44. The van der Waals surface area contributed by atoms with Gasteiger partial charge in [-0.15, -0.1) is 10.2 Å². The summed E-state index contributed by atoms with van der Waals surface area (Å²) in [5.74, 6) is 0.0133. The molecule has 3 saturated carbocycles. The number of fused-ring (bicyclic) bond motifs is 2. The average molecular weight is 509 g/mol. The Balaban J connectivity index is 1.28. The molecule has 4 atom stereocenters. The number of anilines is 1. The molecule has 194 valence electrons. The topological polar surface area (TPSA) is 97.2 Å². The SMILES string of the molecule is COc1ncc(F)c(-c2ccc(-c3ncc(N(C4CC4)[C@@H]4C[C@@]5(C)CC[C@](C)(C5)[C@@H]4F)nn3)c(O)c2)n1. The number of halogens is 2. The lowest BCUT2D eigenvalue weighted by Gasteiger charge is -2.47. The number of rotatable bonds is 6. The molecule has 2 bridgehead atoms. The quantitative estimate of drug-likeness (QED) is 0.490. The van der Waals surface area contributed by atoms with Crippen molar-refractivity contribution >= 4 is 5.82 Å². The van der Waals surface area contributed by atoms with E-state index in [-0.39, 0.29) is 46.2 Å². The van der Waals surface area contributed by atoms with Gasteiger partial charge >= 0.3 is 6.01 Å². The molecule has 10 heteroatoms. The third-order valence-corrected chi connectivity index (χ3v) is 8.36. The first-order chi connectivity index (χ1) is 17.7. The van der Waals surface area contributed by atoms with Crippen LogP contribution >= 0.6 is 0 Å². The Bertz CT molecular complexity index is 1340. The highest BCUT2D eigenvalue weighted by molar-refractivity contribution is 5.71. The molecule has 1 aromatic carbocycles. The van der Waals surface area contributed by atoms with E-state index >= 15 is 4.39 Å². The highest BCUT2D eigenvalue weighted by atomic mass is 19.1. The molecule has 2 heterocycles. The zero-order valence-electron chi connectivity index (χ0n) is 21.2. The van der Waals surface area contributed by atoms with Gasteiger partial charge in [0.15, 0.2) is 17.5 Å². The van der Waals surface area contributed by atoms with Crippen LogP contribution < -0.4 is 9.64 Å². The highest BCUT2D eigenvalue weighted by Gasteiger charge is 2.58. The molecule has 0 saturated heterocycles. The van der Waals surface area contributed by atoms with E-state index in [9.17, 15) is 9.50 Å². The van der Waals surface area contributed by atoms with E-state index < -0.39 is 12.0 Å². The van der Waals surface area contributed by atoms with Crippen molar-refractivity contribution in [2.75, 3.05) is 12.0 Å². The summed E-state index contributed by atoms with van der Waals surface area (Å²) in [4.78, 5) is 14.4. The van der Waals surface area contributed by atoms with Crippen molar-refractivity contribution in [3.63, 3.8) is 0 Å². The fourth-order valence-electron chi connectivity index (χ4n) is 6.47. The maximum Gasteiger partial charge on any atom is 0.316 e. The van der Waals surface area contributed by atoms with Gasteiger partial charge in [0.2, 0.25) is 0 Å². The number of nitrogens with zero attached hydrogens (tertiary/aromatic N) is 6. The van der Waals surface area contributed by atoms with Crippen molar-refractivity contribution in [2.24, 2.45) is 10.8 Å². The number of aromatic nitrogens is 5. The smallest absolute Gasteiger partial charge is 0.316 e. The molecule has 0 radical (unpaired) electrons. The number of benzene rings is 1. The molecule has 0 unspecified atom stereocenters. The molecule has 8 nitrogen and oxygen atoms in total. The Kier molecular flexibility index (Phi) is 5.54. The van der Waals surface area contributed by atoms with Crippen molar-refractivity contribution in [1.82, 2.24) is 25.1 Å². The maximum absolute atomic E-state index is 15.9. The predicted molar refractivity (Wildman–Crippen MR) is 133 cm³/mol. The lowest BCUT2D eigenvalue weighted by atomic mass is 9.67. The van der Waals surface area contributed by atoms with E-state index in [1.54, 1.807) is 18.3 Å². The van der Waals surface area contributed by atoms with E-state index in [0.29, 0.717) is 16.9 Å². The summed E-state index contributed by atoms with van der Waals surface area (Å²) < 4.78 is 35.1. The molecule has 0 spiro atoms. The lowest BCUT2D eigenvalue weighted by molar-refractivity contribution is 0.0357. The van der Waals surface area contributed by atoms with Gasteiger partial charge in [0.1, 0.15) is 17.6 Å². The van der Waals surface area contributed by atoms with Gasteiger partial charge < -0.3 is 14.7 Å². The second kappa shape index (κ2) is 8.56.